The molecule has 1 aliphatic rings. The molecule has 4 rings (SSSR count). The molecule has 7 heteroatoms. The maximum absolute atomic E-state index is 12.5. The van der Waals surface area contributed by atoms with Crippen LogP contribution >= 0.6 is 11.3 Å². The van der Waals surface area contributed by atoms with Gasteiger partial charge in [0.15, 0.2) is 0 Å². The van der Waals surface area contributed by atoms with Crippen molar-refractivity contribution in [3.63, 3.8) is 0 Å². The lowest BCUT2D eigenvalue weighted by atomic mass is 10.1. The summed E-state index contributed by atoms with van der Waals surface area (Å²) < 4.78 is 1.67. The number of thiazole rings is 1. The third kappa shape index (κ3) is 3.79. The first-order valence-corrected chi connectivity index (χ1v) is 10.0. The molecule has 1 aliphatic heterocycles. The average Bonchev–Trinajstić information content (AvgIpc) is 3.40. The van der Waals surface area contributed by atoms with Gasteiger partial charge in [0.25, 0.3) is 5.91 Å². The zero-order chi connectivity index (χ0) is 18.8. The SMILES string of the molecule is Cc1cnn(C)c1NC(=O)c1ccc(CN2CCC[C@@H]2c2nccs2)cc1. The Kier molecular flexibility index (Phi) is 5.05. The van der Waals surface area contributed by atoms with E-state index in [0.29, 0.717) is 11.6 Å². The predicted molar refractivity (Wildman–Crippen MR) is 107 cm³/mol. The van der Waals surface area contributed by atoms with Crippen molar-refractivity contribution in [3.05, 3.63) is 63.7 Å². The van der Waals surface area contributed by atoms with Crippen LogP contribution in [0.25, 0.3) is 0 Å². The van der Waals surface area contributed by atoms with E-state index in [0.717, 1.165) is 30.9 Å². The number of amides is 1. The van der Waals surface area contributed by atoms with E-state index in [9.17, 15) is 4.79 Å². The van der Waals surface area contributed by atoms with Gasteiger partial charge < -0.3 is 5.32 Å². The van der Waals surface area contributed by atoms with E-state index in [2.05, 4.69) is 20.3 Å². The maximum atomic E-state index is 12.5. The molecule has 1 fully saturated rings. The van der Waals surface area contributed by atoms with E-state index >= 15 is 0 Å². The molecule has 3 heterocycles. The zero-order valence-corrected chi connectivity index (χ0v) is 16.4. The fourth-order valence-electron chi connectivity index (χ4n) is 3.60. The number of rotatable bonds is 5. The number of hydrogen-bond donors (Lipinski definition) is 1. The lowest BCUT2D eigenvalue weighted by molar-refractivity contribution is 0.102. The Labute approximate surface area is 162 Å². The largest absolute Gasteiger partial charge is 0.307 e. The number of carbonyl (C=O) groups is 1. The van der Waals surface area contributed by atoms with Gasteiger partial charge in [-0.3, -0.25) is 14.4 Å². The van der Waals surface area contributed by atoms with Crippen LogP contribution in [0.2, 0.25) is 0 Å². The van der Waals surface area contributed by atoms with Gasteiger partial charge in [-0.1, -0.05) is 12.1 Å². The molecule has 1 amide bonds. The summed E-state index contributed by atoms with van der Waals surface area (Å²) in [4.78, 5) is 19.5. The van der Waals surface area contributed by atoms with E-state index in [1.807, 2.05) is 49.8 Å². The van der Waals surface area contributed by atoms with Gasteiger partial charge in [0.2, 0.25) is 0 Å². The number of likely N-dealkylation sites (tertiary alicyclic amines) is 1. The first-order chi connectivity index (χ1) is 13.1. The van der Waals surface area contributed by atoms with Crippen LogP contribution in [0.15, 0.2) is 42.0 Å². The first kappa shape index (κ1) is 17.9. The molecule has 0 bridgehead atoms. The Morgan fingerprint density at radius 1 is 1.33 bits per heavy atom. The fraction of sp³-hybridized carbons (Fsp3) is 0.350. The monoisotopic (exact) mass is 381 g/mol. The van der Waals surface area contributed by atoms with Gasteiger partial charge in [0.1, 0.15) is 10.8 Å². The van der Waals surface area contributed by atoms with Gasteiger partial charge in [-0.2, -0.15) is 5.10 Å². The van der Waals surface area contributed by atoms with Crippen LogP contribution in [0, 0.1) is 6.92 Å². The van der Waals surface area contributed by atoms with E-state index < -0.39 is 0 Å². The number of nitrogens with one attached hydrogen (secondary N) is 1. The molecular formula is C20H23N5OS. The summed E-state index contributed by atoms with van der Waals surface area (Å²) in [5.74, 6) is 0.613. The highest BCUT2D eigenvalue weighted by Crippen LogP contribution is 2.34. The number of aromatic nitrogens is 3. The number of benzene rings is 1. The molecule has 2 aromatic heterocycles. The summed E-state index contributed by atoms with van der Waals surface area (Å²) in [5.41, 5.74) is 2.81. The minimum atomic E-state index is -0.116. The molecule has 0 aliphatic carbocycles. The predicted octanol–water partition coefficient (Wildman–Crippen LogP) is 3.77. The Balaban J connectivity index is 1.42. The molecule has 1 atom stereocenters. The van der Waals surface area contributed by atoms with Gasteiger partial charge in [0.05, 0.1) is 12.2 Å². The second kappa shape index (κ2) is 7.62. The molecule has 0 radical (unpaired) electrons. The summed E-state index contributed by atoms with van der Waals surface area (Å²) in [5, 5.41) is 10.3. The normalized spacial score (nSPS) is 17.3. The van der Waals surface area contributed by atoms with Gasteiger partial charge in [-0.15, -0.1) is 11.3 Å². The number of carbonyl (C=O) groups excluding carboxylic acids is 1. The van der Waals surface area contributed by atoms with Crippen LogP contribution in [0.4, 0.5) is 5.82 Å². The summed E-state index contributed by atoms with van der Waals surface area (Å²) >= 11 is 1.73. The smallest absolute Gasteiger partial charge is 0.256 e. The summed E-state index contributed by atoms with van der Waals surface area (Å²) in [6.45, 7) is 3.90. The zero-order valence-electron chi connectivity index (χ0n) is 15.6. The van der Waals surface area contributed by atoms with E-state index in [-0.39, 0.29) is 5.91 Å². The lowest BCUT2D eigenvalue weighted by Crippen LogP contribution is -2.22. The summed E-state index contributed by atoms with van der Waals surface area (Å²) in [7, 11) is 1.82. The van der Waals surface area contributed by atoms with Crippen molar-refractivity contribution < 1.29 is 4.79 Å². The third-order valence-electron chi connectivity index (χ3n) is 5.06. The van der Waals surface area contributed by atoms with E-state index in [1.54, 1.807) is 22.2 Å². The van der Waals surface area contributed by atoms with Gasteiger partial charge >= 0.3 is 0 Å². The van der Waals surface area contributed by atoms with Crippen LogP contribution in [0.3, 0.4) is 0 Å². The second-order valence-corrected chi connectivity index (χ2v) is 7.88. The fourth-order valence-corrected chi connectivity index (χ4v) is 4.40. The molecule has 0 spiro atoms. The van der Waals surface area contributed by atoms with Crippen molar-refractivity contribution in [2.45, 2.75) is 32.4 Å². The number of anilines is 1. The standard InChI is InChI=1S/C20H23N5OS/c1-14-12-22-24(2)18(14)23-19(26)16-7-5-15(6-8-16)13-25-10-3-4-17(25)20-21-9-11-27-20/h5-9,11-12,17H,3-4,10,13H2,1-2H3,(H,23,26)/t17-/m1/s1. The van der Waals surface area contributed by atoms with Crippen molar-refractivity contribution >= 4 is 23.1 Å². The molecule has 27 heavy (non-hydrogen) atoms. The van der Waals surface area contributed by atoms with Gasteiger partial charge in [-0.25, -0.2) is 4.98 Å². The first-order valence-electron chi connectivity index (χ1n) is 9.14. The minimum Gasteiger partial charge on any atom is -0.307 e. The highest BCUT2D eigenvalue weighted by Gasteiger charge is 2.27. The van der Waals surface area contributed by atoms with E-state index in [4.69, 9.17) is 0 Å². The van der Waals surface area contributed by atoms with Crippen LogP contribution in [-0.2, 0) is 13.6 Å². The number of hydrogen-bond acceptors (Lipinski definition) is 5. The van der Waals surface area contributed by atoms with E-state index in [1.165, 1.54) is 17.0 Å². The molecule has 1 saturated heterocycles. The average molecular weight is 382 g/mol. The van der Waals surface area contributed by atoms with Crippen molar-refractivity contribution in [2.75, 3.05) is 11.9 Å². The quantitative estimate of drug-likeness (QED) is 0.731. The molecule has 1 aromatic carbocycles. The van der Waals surface area contributed by atoms with Gasteiger partial charge in [-0.05, 0) is 44.0 Å². The Morgan fingerprint density at radius 3 is 2.81 bits per heavy atom. The number of nitrogens with zero attached hydrogens (tertiary/aromatic N) is 4. The Bertz CT molecular complexity index is 897. The Hall–Kier alpha value is -2.51. The molecular weight excluding hydrogens is 358 g/mol. The molecule has 0 unspecified atom stereocenters. The second-order valence-electron chi connectivity index (χ2n) is 6.95. The molecule has 140 valence electrons. The number of aryl methyl sites for hydroxylation is 2. The highest BCUT2D eigenvalue weighted by molar-refractivity contribution is 7.09. The molecule has 0 saturated carbocycles. The summed E-state index contributed by atoms with van der Waals surface area (Å²) in [6, 6.07) is 8.29. The van der Waals surface area contributed by atoms with Crippen molar-refractivity contribution in [1.82, 2.24) is 19.7 Å². The lowest BCUT2D eigenvalue weighted by Gasteiger charge is -2.22. The molecule has 3 aromatic rings. The van der Waals surface area contributed by atoms with Crippen LogP contribution in [-0.4, -0.2) is 32.1 Å². The summed E-state index contributed by atoms with van der Waals surface area (Å²) in [6.07, 6.45) is 5.99. The van der Waals surface area contributed by atoms with Crippen molar-refractivity contribution in [3.8, 4) is 0 Å². The van der Waals surface area contributed by atoms with Crippen LogP contribution in [0.5, 0.6) is 0 Å². The maximum Gasteiger partial charge on any atom is 0.256 e. The molecule has 6 nitrogen and oxygen atoms in total. The van der Waals surface area contributed by atoms with Gasteiger partial charge in [0, 0.05) is 36.3 Å². The topological polar surface area (TPSA) is 63.1 Å². The third-order valence-corrected chi connectivity index (χ3v) is 5.93. The van der Waals surface area contributed by atoms with Crippen LogP contribution in [0.1, 0.15) is 45.4 Å². The molecule has 1 N–H and O–H groups in total. The van der Waals surface area contributed by atoms with Crippen LogP contribution < -0.4 is 5.32 Å². The Morgan fingerprint density at radius 2 is 2.15 bits per heavy atom. The highest BCUT2D eigenvalue weighted by atomic mass is 32.1. The van der Waals surface area contributed by atoms with Crippen molar-refractivity contribution in [2.24, 2.45) is 7.05 Å². The minimum absolute atomic E-state index is 0.116. The van der Waals surface area contributed by atoms with Crippen molar-refractivity contribution in [1.29, 1.82) is 0 Å².